The molecule has 0 radical (unpaired) electrons. The van der Waals surface area contributed by atoms with Crippen LogP contribution in [0.5, 0.6) is 0 Å². The van der Waals surface area contributed by atoms with Crippen LogP contribution >= 0.6 is 0 Å². The zero-order chi connectivity index (χ0) is 20.1. The van der Waals surface area contributed by atoms with E-state index < -0.39 is 0 Å². The van der Waals surface area contributed by atoms with E-state index in [1.165, 1.54) is 5.56 Å². The maximum absolute atomic E-state index is 13.4. The highest BCUT2D eigenvalue weighted by Gasteiger charge is 2.25. The quantitative estimate of drug-likeness (QED) is 0.585. The van der Waals surface area contributed by atoms with Crippen molar-refractivity contribution in [2.45, 2.75) is 46.6 Å². The van der Waals surface area contributed by atoms with Crippen LogP contribution in [0.15, 0.2) is 54.6 Å². The monoisotopic (exact) mass is 375 g/mol. The minimum atomic E-state index is 0.0440. The number of carbonyl (C=O) groups excluding carboxylic acids is 1. The number of amides is 1. The highest BCUT2D eigenvalue weighted by molar-refractivity contribution is 5.96. The van der Waals surface area contributed by atoms with Gasteiger partial charge in [-0.25, -0.2) is 4.68 Å². The Kier molecular flexibility index (Phi) is 6.30. The molecule has 0 saturated carbocycles. The van der Waals surface area contributed by atoms with Crippen LogP contribution < -0.4 is 0 Å². The first-order valence-corrected chi connectivity index (χ1v) is 10.0. The van der Waals surface area contributed by atoms with E-state index in [9.17, 15) is 4.79 Å². The van der Waals surface area contributed by atoms with E-state index in [0.717, 1.165) is 47.5 Å². The van der Waals surface area contributed by atoms with Gasteiger partial charge in [-0.3, -0.25) is 4.79 Å². The molecule has 0 N–H and O–H groups in total. The van der Waals surface area contributed by atoms with Gasteiger partial charge >= 0.3 is 0 Å². The molecular formula is C24H29N3O. The van der Waals surface area contributed by atoms with Crippen molar-refractivity contribution in [1.29, 1.82) is 0 Å². The summed E-state index contributed by atoms with van der Waals surface area (Å²) in [5.74, 6) is 0.0440. The van der Waals surface area contributed by atoms with Crippen LogP contribution in [0.1, 0.15) is 53.1 Å². The summed E-state index contributed by atoms with van der Waals surface area (Å²) in [5.41, 5.74) is 5.98. The van der Waals surface area contributed by atoms with Crippen molar-refractivity contribution >= 4 is 5.91 Å². The molecule has 0 atom stereocenters. The molecule has 4 nitrogen and oxygen atoms in total. The number of hydrogen-bond acceptors (Lipinski definition) is 2. The van der Waals surface area contributed by atoms with Crippen molar-refractivity contribution in [3.05, 3.63) is 82.7 Å². The molecule has 0 bridgehead atoms. The SMILES string of the molecule is CCCc1nn(-c2ccc(C)cc2)c(CC)c1C(=O)N(C)Cc1ccccc1. The molecule has 1 aromatic heterocycles. The Morgan fingerprint density at radius 2 is 1.71 bits per heavy atom. The van der Waals surface area contributed by atoms with Crippen molar-refractivity contribution in [3.63, 3.8) is 0 Å². The van der Waals surface area contributed by atoms with Gasteiger partial charge in [0.15, 0.2) is 0 Å². The molecule has 146 valence electrons. The smallest absolute Gasteiger partial charge is 0.257 e. The first kappa shape index (κ1) is 19.9. The second-order valence-corrected chi connectivity index (χ2v) is 7.27. The Balaban J connectivity index is 2.00. The Morgan fingerprint density at radius 1 is 1.04 bits per heavy atom. The molecule has 0 aliphatic carbocycles. The van der Waals surface area contributed by atoms with Gasteiger partial charge in [0.2, 0.25) is 0 Å². The molecule has 3 aromatic rings. The second kappa shape index (κ2) is 8.87. The summed E-state index contributed by atoms with van der Waals surface area (Å²) in [5, 5.41) is 4.85. The van der Waals surface area contributed by atoms with Crippen molar-refractivity contribution in [2.75, 3.05) is 7.05 Å². The minimum absolute atomic E-state index is 0.0440. The average molecular weight is 376 g/mol. The molecule has 0 unspecified atom stereocenters. The molecule has 3 rings (SSSR count). The lowest BCUT2D eigenvalue weighted by molar-refractivity contribution is 0.0783. The zero-order valence-corrected chi connectivity index (χ0v) is 17.3. The number of carbonyl (C=O) groups is 1. The standard InChI is InChI=1S/C24H29N3O/c1-5-10-21-23(24(28)26(4)17-19-11-8-7-9-12-19)22(6-2)27(25-21)20-15-13-18(3)14-16-20/h7-9,11-16H,5-6,10,17H2,1-4H3. The molecule has 0 spiro atoms. The fourth-order valence-electron chi connectivity index (χ4n) is 3.51. The second-order valence-electron chi connectivity index (χ2n) is 7.27. The van der Waals surface area contributed by atoms with E-state index >= 15 is 0 Å². The van der Waals surface area contributed by atoms with E-state index in [4.69, 9.17) is 5.10 Å². The van der Waals surface area contributed by atoms with Gasteiger partial charge in [0.05, 0.1) is 22.6 Å². The van der Waals surface area contributed by atoms with Gasteiger partial charge in [-0.2, -0.15) is 5.10 Å². The van der Waals surface area contributed by atoms with Crippen molar-refractivity contribution in [2.24, 2.45) is 0 Å². The van der Waals surface area contributed by atoms with Crippen LogP contribution in [0.3, 0.4) is 0 Å². The van der Waals surface area contributed by atoms with Gasteiger partial charge in [-0.15, -0.1) is 0 Å². The number of hydrogen-bond donors (Lipinski definition) is 0. The van der Waals surface area contributed by atoms with Gasteiger partial charge in [0.1, 0.15) is 0 Å². The van der Waals surface area contributed by atoms with Gasteiger partial charge in [-0.05, 0) is 37.5 Å². The number of nitrogens with zero attached hydrogens (tertiary/aromatic N) is 3. The summed E-state index contributed by atoms with van der Waals surface area (Å²) in [6, 6.07) is 18.4. The molecule has 2 aromatic carbocycles. The zero-order valence-electron chi connectivity index (χ0n) is 17.3. The first-order chi connectivity index (χ1) is 13.5. The molecule has 1 heterocycles. The summed E-state index contributed by atoms with van der Waals surface area (Å²) in [4.78, 5) is 15.2. The Morgan fingerprint density at radius 3 is 2.32 bits per heavy atom. The number of rotatable bonds is 7. The predicted molar refractivity (Wildman–Crippen MR) is 114 cm³/mol. The van der Waals surface area contributed by atoms with Gasteiger partial charge < -0.3 is 4.90 Å². The molecule has 4 heteroatoms. The van der Waals surface area contributed by atoms with Crippen LogP contribution in [0, 0.1) is 6.92 Å². The lowest BCUT2D eigenvalue weighted by atomic mass is 10.1. The maximum atomic E-state index is 13.4. The first-order valence-electron chi connectivity index (χ1n) is 10.0. The van der Waals surface area contributed by atoms with Crippen LogP contribution in [-0.4, -0.2) is 27.6 Å². The van der Waals surface area contributed by atoms with Gasteiger partial charge in [0, 0.05) is 13.6 Å². The third-order valence-electron chi connectivity index (χ3n) is 4.98. The minimum Gasteiger partial charge on any atom is -0.337 e. The highest BCUT2D eigenvalue weighted by Crippen LogP contribution is 2.23. The lowest BCUT2D eigenvalue weighted by Crippen LogP contribution is -2.27. The molecular weight excluding hydrogens is 346 g/mol. The van der Waals surface area contributed by atoms with Crippen LogP contribution in [-0.2, 0) is 19.4 Å². The van der Waals surface area contributed by atoms with Crippen molar-refractivity contribution < 1.29 is 4.79 Å². The van der Waals surface area contributed by atoms with Crippen LogP contribution in [0.2, 0.25) is 0 Å². The normalized spacial score (nSPS) is 10.9. The largest absolute Gasteiger partial charge is 0.337 e. The summed E-state index contributed by atoms with van der Waals surface area (Å²) < 4.78 is 1.95. The molecule has 0 fully saturated rings. The molecule has 0 aliphatic heterocycles. The number of aromatic nitrogens is 2. The summed E-state index contributed by atoms with van der Waals surface area (Å²) in [7, 11) is 1.87. The molecule has 28 heavy (non-hydrogen) atoms. The number of aryl methyl sites for hydroxylation is 2. The molecule has 0 saturated heterocycles. The summed E-state index contributed by atoms with van der Waals surface area (Å²) in [6.07, 6.45) is 2.51. The Labute approximate surface area is 167 Å². The van der Waals surface area contributed by atoms with E-state index in [1.807, 2.05) is 42.1 Å². The predicted octanol–water partition coefficient (Wildman–Crippen LogP) is 4.97. The number of benzene rings is 2. The third-order valence-corrected chi connectivity index (χ3v) is 4.98. The summed E-state index contributed by atoms with van der Waals surface area (Å²) >= 11 is 0. The molecule has 0 aliphatic rings. The fourth-order valence-corrected chi connectivity index (χ4v) is 3.51. The van der Waals surface area contributed by atoms with Crippen LogP contribution in [0.4, 0.5) is 0 Å². The van der Waals surface area contributed by atoms with Gasteiger partial charge in [-0.1, -0.05) is 68.3 Å². The summed E-state index contributed by atoms with van der Waals surface area (Å²) in [6.45, 7) is 6.87. The van der Waals surface area contributed by atoms with E-state index in [-0.39, 0.29) is 5.91 Å². The molecule has 1 amide bonds. The van der Waals surface area contributed by atoms with E-state index in [2.05, 4.69) is 45.0 Å². The van der Waals surface area contributed by atoms with Crippen LogP contribution in [0.25, 0.3) is 5.69 Å². The van der Waals surface area contributed by atoms with E-state index in [1.54, 1.807) is 4.90 Å². The van der Waals surface area contributed by atoms with E-state index in [0.29, 0.717) is 6.54 Å². The van der Waals surface area contributed by atoms with Crippen molar-refractivity contribution in [3.8, 4) is 5.69 Å². The fraction of sp³-hybridized carbons (Fsp3) is 0.333. The maximum Gasteiger partial charge on any atom is 0.257 e. The average Bonchev–Trinajstić information content (AvgIpc) is 3.07. The topological polar surface area (TPSA) is 38.1 Å². The van der Waals surface area contributed by atoms with Gasteiger partial charge in [0.25, 0.3) is 5.91 Å². The Hall–Kier alpha value is -2.88. The van der Waals surface area contributed by atoms with Crippen molar-refractivity contribution in [1.82, 2.24) is 14.7 Å². The Bertz CT molecular complexity index is 926. The lowest BCUT2D eigenvalue weighted by Gasteiger charge is -2.18. The highest BCUT2D eigenvalue weighted by atomic mass is 16.2. The third kappa shape index (κ3) is 4.16.